The van der Waals surface area contributed by atoms with E-state index in [2.05, 4.69) is 5.32 Å². The number of nitrogens with one attached hydrogen (secondary N) is 1. The summed E-state index contributed by atoms with van der Waals surface area (Å²) in [5.41, 5.74) is 0.641. The Labute approximate surface area is 106 Å². The molecule has 0 saturated carbocycles. The number of carboxylic acid groups (broad SMARTS) is 1. The lowest BCUT2D eigenvalue weighted by atomic mass is 9.94. The maximum absolute atomic E-state index is 11.7. The molecule has 18 heavy (non-hydrogen) atoms. The first kappa shape index (κ1) is 14.0. The van der Waals surface area contributed by atoms with E-state index in [1.807, 2.05) is 6.92 Å². The summed E-state index contributed by atoms with van der Waals surface area (Å²) >= 11 is 0. The Bertz CT molecular complexity index is 431. The van der Waals surface area contributed by atoms with Gasteiger partial charge < -0.3 is 15.2 Å². The fourth-order valence-corrected chi connectivity index (χ4v) is 1.70. The number of rotatable bonds is 6. The van der Waals surface area contributed by atoms with E-state index in [-0.39, 0.29) is 12.3 Å². The third-order valence-electron chi connectivity index (χ3n) is 2.51. The highest BCUT2D eigenvalue weighted by atomic mass is 16.5. The zero-order valence-corrected chi connectivity index (χ0v) is 10.5. The lowest BCUT2D eigenvalue weighted by molar-refractivity contribution is -0.139. The first-order chi connectivity index (χ1) is 8.58. The summed E-state index contributed by atoms with van der Waals surface area (Å²) in [4.78, 5) is 22.5. The van der Waals surface area contributed by atoms with Gasteiger partial charge in [0.1, 0.15) is 5.75 Å². The molecular formula is C13H17NO4. The van der Waals surface area contributed by atoms with Crippen molar-refractivity contribution in [1.82, 2.24) is 5.32 Å². The molecule has 1 aromatic carbocycles. The number of benzene rings is 1. The number of hydrogen-bond acceptors (Lipinski definition) is 3. The summed E-state index contributed by atoms with van der Waals surface area (Å²) in [6.07, 6.45) is -0.241. The molecular weight excluding hydrogens is 234 g/mol. The zero-order chi connectivity index (χ0) is 13.5. The van der Waals surface area contributed by atoms with E-state index >= 15 is 0 Å². The Balaban J connectivity index is 3.00. The van der Waals surface area contributed by atoms with Crippen LogP contribution in [0.15, 0.2) is 24.3 Å². The molecule has 0 aliphatic heterocycles. The summed E-state index contributed by atoms with van der Waals surface area (Å²) in [5, 5.41) is 11.3. The minimum atomic E-state index is -1.01. The second-order valence-corrected chi connectivity index (χ2v) is 3.77. The van der Waals surface area contributed by atoms with Crippen LogP contribution in [0.4, 0.5) is 0 Å². The van der Waals surface area contributed by atoms with Crippen LogP contribution in [0.3, 0.4) is 0 Å². The standard InChI is InChI=1S/C13H17NO4/c1-3-18-10-6-4-5-9(7-10)11(8-12(15)16)13(17)14-2/h4-7,11H,3,8H2,1-2H3,(H,14,17)(H,15,16). The lowest BCUT2D eigenvalue weighted by Gasteiger charge is -2.14. The van der Waals surface area contributed by atoms with Crippen molar-refractivity contribution in [1.29, 1.82) is 0 Å². The van der Waals surface area contributed by atoms with Gasteiger partial charge in [0.2, 0.25) is 5.91 Å². The molecule has 0 aromatic heterocycles. The number of carbonyl (C=O) groups is 2. The maximum atomic E-state index is 11.7. The number of likely N-dealkylation sites (N-methyl/N-ethyl adjacent to an activating group) is 1. The van der Waals surface area contributed by atoms with Gasteiger partial charge in [0.15, 0.2) is 0 Å². The normalized spacial score (nSPS) is 11.7. The van der Waals surface area contributed by atoms with Gasteiger partial charge in [-0.15, -0.1) is 0 Å². The van der Waals surface area contributed by atoms with Gasteiger partial charge in [-0.1, -0.05) is 12.1 Å². The average molecular weight is 251 g/mol. The molecule has 0 saturated heterocycles. The molecule has 5 heteroatoms. The van der Waals surface area contributed by atoms with Crippen LogP contribution in [0, 0.1) is 0 Å². The molecule has 2 N–H and O–H groups in total. The van der Waals surface area contributed by atoms with Crippen LogP contribution < -0.4 is 10.1 Å². The second-order valence-electron chi connectivity index (χ2n) is 3.77. The Hall–Kier alpha value is -2.04. The van der Waals surface area contributed by atoms with E-state index in [1.54, 1.807) is 24.3 Å². The number of aliphatic carboxylic acids is 1. The van der Waals surface area contributed by atoms with Crippen molar-refractivity contribution >= 4 is 11.9 Å². The summed E-state index contributed by atoms with van der Waals surface area (Å²) < 4.78 is 5.34. The Morgan fingerprint density at radius 1 is 1.44 bits per heavy atom. The van der Waals surface area contributed by atoms with Gasteiger partial charge >= 0.3 is 5.97 Å². The first-order valence-electron chi connectivity index (χ1n) is 5.74. The quantitative estimate of drug-likeness (QED) is 0.801. The van der Waals surface area contributed by atoms with Gasteiger partial charge in [0, 0.05) is 7.05 Å². The molecule has 0 spiro atoms. The molecule has 0 fully saturated rings. The third kappa shape index (κ3) is 3.76. The highest BCUT2D eigenvalue weighted by Gasteiger charge is 2.23. The van der Waals surface area contributed by atoms with Gasteiger partial charge in [-0.3, -0.25) is 9.59 Å². The molecule has 0 aliphatic carbocycles. The summed E-state index contributed by atoms with van der Waals surface area (Å²) in [7, 11) is 1.49. The molecule has 0 heterocycles. The number of amides is 1. The molecule has 1 rings (SSSR count). The molecule has 0 radical (unpaired) electrons. The topological polar surface area (TPSA) is 75.6 Å². The van der Waals surface area contributed by atoms with E-state index in [0.717, 1.165) is 0 Å². The van der Waals surface area contributed by atoms with Crippen molar-refractivity contribution in [3.63, 3.8) is 0 Å². The van der Waals surface area contributed by atoms with Crippen molar-refractivity contribution in [2.24, 2.45) is 0 Å². The second kappa shape index (κ2) is 6.64. The highest BCUT2D eigenvalue weighted by Crippen LogP contribution is 2.24. The van der Waals surface area contributed by atoms with Crippen LogP contribution in [-0.4, -0.2) is 30.6 Å². The van der Waals surface area contributed by atoms with Crippen LogP contribution in [0.25, 0.3) is 0 Å². The summed E-state index contributed by atoms with van der Waals surface area (Å²) in [6, 6.07) is 6.95. The van der Waals surface area contributed by atoms with E-state index in [9.17, 15) is 9.59 Å². The minimum Gasteiger partial charge on any atom is -0.494 e. The number of carboxylic acids is 1. The molecule has 0 bridgehead atoms. The monoisotopic (exact) mass is 251 g/mol. The van der Waals surface area contributed by atoms with Gasteiger partial charge in [0.05, 0.1) is 18.9 Å². The molecule has 5 nitrogen and oxygen atoms in total. The Morgan fingerprint density at radius 2 is 2.17 bits per heavy atom. The summed E-state index contributed by atoms with van der Waals surface area (Å²) in [5.74, 6) is -1.39. The van der Waals surface area contributed by atoms with Crippen LogP contribution in [0.1, 0.15) is 24.8 Å². The lowest BCUT2D eigenvalue weighted by Crippen LogP contribution is -2.27. The van der Waals surface area contributed by atoms with Gasteiger partial charge in [-0.25, -0.2) is 0 Å². The fraction of sp³-hybridized carbons (Fsp3) is 0.385. The Morgan fingerprint density at radius 3 is 2.72 bits per heavy atom. The van der Waals surface area contributed by atoms with Crippen molar-refractivity contribution in [3.05, 3.63) is 29.8 Å². The molecule has 1 unspecified atom stereocenters. The summed E-state index contributed by atoms with van der Waals surface area (Å²) in [6.45, 7) is 2.38. The zero-order valence-electron chi connectivity index (χ0n) is 10.5. The smallest absolute Gasteiger partial charge is 0.304 e. The SMILES string of the molecule is CCOc1cccc(C(CC(=O)O)C(=O)NC)c1. The molecule has 1 amide bonds. The van der Waals surface area contributed by atoms with Crippen LogP contribution in [-0.2, 0) is 9.59 Å². The van der Waals surface area contributed by atoms with Crippen molar-refractivity contribution in [2.45, 2.75) is 19.3 Å². The van der Waals surface area contributed by atoms with Crippen LogP contribution in [0.5, 0.6) is 5.75 Å². The molecule has 0 aliphatic rings. The predicted octanol–water partition coefficient (Wildman–Crippen LogP) is 1.39. The van der Waals surface area contributed by atoms with E-state index < -0.39 is 11.9 Å². The van der Waals surface area contributed by atoms with E-state index in [1.165, 1.54) is 7.05 Å². The maximum Gasteiger partial charge on any atom is 0.304 e. The average Bonchev–Trinajstić information content (AvgIpc) is 2.35. The molecule has 98 valence electrons. The van der Waals surface area contributed by atoms with Crippen molar-refractivity contribution < 1.29 is 19.4 Å². The number of carbonyl (C=O) groups excluding carboxylic acids is 1. The van der Waals surface area contributed by atoms with Gasteiger partial charge in [-0.05, 0) is 24.6 Å². The first-order valence-corrected chi connectivity index (χ1v) is 5.74. The highest BCUT2D eigenvalue weighted by molar-refractivity contribution is 5.87. The van der Waals surface area contributed by atoms with Crippen molar-refractivity contribution in [2.75, 3.05) is 13.7 Å². The van der Waals surface area contributed by atoms with Gasteiger partial charge in [-0.2, -0.15) is 0 Å². The van der Waals surface area contributed by atoms with Gasteiger partial charge in [0.25, 0.3) is 0 Å². The third-order valence-corrected chi connectivity index (χ3v) is 2.51. The van der Waals surface area contributed by atoms with Crippen molar-refractivity contribution in [3.8, 4) is 5.75 Å². The predicted molar refractivity (Wildman–Crippen MR) is 66.7 cm³/mol. The largest absolute Gasteiger partial charge is 0.494 e. The Kier molecular flexibility index (Phi) is 5.17. The molecule has 1 aromatic rings. The van der Waals surface area contributed by atoms with E-state index in [0.29, 0.717) is 17.9 Å². The van der Waals surface area contributed by atoms with Crippen LogP contribution >= 0.6 is 0 Å². The number of hydrogen-bond donors (Lipinski definition) is 2. The minimum absolute atomic E-state index is 0.241. The fourth-order valence-electron chi connectivity index (χ4n) is 1.70. The van der Waals surface area contributed by atoms with E-state index in [4.69, 9.17) is 9.84 Å². The molecule has 1 atom stereocenters. The van der Waals surface area contributed by atoms with Crippen LogP contribution in [0.2, 0.25) is 0 Å². The number of ether oxygens (including phenoxy) is 1.